The molecule has 4 rings (SSSR count). The van der Waals surface area contributed by atoms with Crippen molar-refractivity contribution in [2.45, 2.75) is 25.2 Å². The topological polar surface area (TPSA) is 59.2 Å². The van der Waals surface area contributed by atoms with E-state index < -0.39 is 19.1 Å². The van der Waals surface area contributed by atoms with Crippen LogP contribution in [0.2, 0.25) is 0 Å². The normalized spacial score (nSPS) is 22.6. The molecule has 0 saturated carbocycles. The maximum absolute atomic E-state index is 12.9. The largest absolute Gasteiger partial charge is 0.389 e. The lowest BCUT2D eigenvalue weighted by molar-refractivity contribution is 0.107. The van der Waals surface area contributed by atoms with Crippen LogP contribution in [0, 0.1) is 0 Å². The lowest BCUT2D eigenvalue weighted by Crippen LogP contribution is -2.39. The summed E-state index contributed by atoms with van der Waals surface area (Å²) in [7, 11) is 0. The van der Waals surface area contributed by atoms with E-state index in [9.17, 15) is 9.90 Å². The number of para-hydroxylation sites is 1. The molecule has 0 amide bonds. The van der Waals surface area contributed by atoms with Crippen LogP contribution in [0.1, 0.15) is 21.3 Å². The van der Waals surface area contributed by atoms with E-state index in [1.54, 1.807) is 16.7 Å². The van der Waals surface area contributed by atoms with Crippen molar-refractivity contribution in [1.82, 2.24) is 14.5 Å². The van der Waals surface area contributed by atoms with Gasteiger partial charge in [-0.1, -0.05) is 42.5 Å². The first-order valence-electron chi connectivity index (χ1n) is 9.07. The zero-order valence-corrected chi connectivity index (χ0v) is 12.4. The smallest absolute Gasteiger partial charge is 0.329 e. The van der Waals surface area contributed by atoms with E-state index in [1.165, 1.54) is 4.57 Å². The van der Waals surface area contributed by atoms with E-state index in [2.05, 4.69) is 5.32 Å². The van der Waals surface area contributed by atoms with E-state index in [1.807, 2.05) is 36.4 Å². The zero-order valence-electron chi connectivity index (χ0n) is 15.4. The Morgan fingerprint density at radius 1 is 1.26 bits per heavy atom. The molecular formula is C18H19N3O2. The van der Waals surface area contributed by atoms with Crippen molar-refractivity contribution >= 4 is 11.0 Å². The lowest BCUT2D eigenvalue weighted by Gasteiger charge is -2.28. The molecule has 118 valence electrons. The Balaban J connectivity index is 1.87. The molecule has 2 N–H and O–H groups in total. The predicted molar refractivity (Wildman–Crippen MR) is 89.5 cm³/mol. The molecule has 2 heterocycles. The predicted octanol–water partition coefficient (Wildman–Crippen LogP) is 1.49. The van der Waals surface area contributed by atoms with Crippen LogP contribution in [0.25, 0.3) is 11.0 Å². The number of nitrogens with zero attached hydrogens (tertiary/aromatic N) is 2. The maximum atomic E-state index is 12.9. The van der Waals surface area contributed by atoms with Gasteiger partial charge in [0.2, 0.25) is 0 Å². The van der Waals surface area contributed by atoms with Gasteiger partial charge in [0.15, 0.2) is 0 Å². The lowest BCUT2D eigenvalue weighted by atomic mass is 9.97. The van der Waals surface area contributed by atoms with Gasteiger partial charge in [-0.05, 0) is 24.2 Å². The summed E-state index contributed by atoms with van der Waals surface area (Å²) in [6.45, 7) is -1.91. The van der Waals surface area contributed by atoms with Gasteiger partial charge in [0, 0.05) is 4.11 Å². The second-order valence-corrected chi connectivity index (χ2v) is 5.87. The number of likely N-dealkylation sites (N-methyl/N-ethyl adjacent to an activating group) is 1. The number of hydrogen-bond donors (Lipinski definition) is 2. The van der Waals surface area contributed by atoms with E-state index in [4.69, 9.17) is 4.11 Å². The molecule has 0 saturated heterocycles. The fourth-order valence-electron chi connectivity index (χ4n) is 3.42. The Bertz CT molecular complexity index is 1010. The molecular weight excluding hydrogens is 291 g/mol. The van der Waals surface area contributed by atoms with Gasteiger partial charge in [-0.25, -0.2) is 4.79 Å². The summed E-state index contributed by atoms with van der Waals surface area (Å²) in [4.78, 5) is 12.9. The highest BCUT2D eigenvalue weighted by Crippen LogP contribution is 2.31. The first kappa shape index (κ1) is 11.2. The monoisotopic (exact) mass is 313 g/mol. The van der Waals surface area contributed by atoms with Gasteiger partial charge in [-0.15, -0.1) is 0 Å². The van der Waals surface area contributed by atoms with Crippen LogP contribution in [-0.4, -0.2) is 27.3 Å². The van der Waals surface area contributed by atoms with Crippen molar-refractivity contribution in [3.05, 3.63) is 70.1 Å². The highest BCUT2D eigenvalue weighted by Gasteiger charge is 2.31. The Hall–Kier alpha value is -2.37. The SMILES string of the molecule is [2H][13C]([2H])([2H])N[C@@H]1c2cccc3c2n(c(=O)n3Cc2ccccc2)C[C@H]1O. The number of hydrogen-bond acceptors (Lipinski definition) is 3. The molecule has 0 radical (unpaired) electrons. The van der Waals surface area contributed by atoms with Crippen LogP contribution in [0.15, 0.2) is 53.3 Å². The van der Waals surface area contributed by atoms with Gasteiger partial charge in [0.05, 0.1) is 36.3 Å². The van der Waals surface area contributed by atoms with Gasteiger partial charge in [-0.3, -0.25) is 9.13 Å². The van der Waals surface area contributed by atoms with Crippen molar-refractivity contribution in [3.63, 3.8) is 0 Å². The summed E-state index contributed by atoms with van der Waals surface area (Å²) >= 11 is 0. The van der Waals surface area contributed by atoms with Crippen molar-refractivity contribution in [1.29, 1.82) is 0 Å². The molecule has 23 heavy (non-hydrogen) atoms. The third-order valence-corrected chi connectivity index (χ3v) is 4.50. The number of rotatable bonds is 3. The Labute approximate surface area is 138 Å². The van der Waals surface area contributed by atoms with Crippen LogP contribution in [0.5, 0.6) is 0 Å². The van der Waals surface area contributed by atoms with Crippen LogP contribution >= 0.6 is 0 Å². The quantitative estimate of drug-likeness (QED) is 0.720. The summed E-state index contributed by atoms with van der Waals surface area (Å²) in [6.07, 6.45) is -1.00. The van der Waals surface area contributed by atoms with Crippen LogP contribution in [0.4, 0.5) is 0 Å². The molecule has 3 aromatic rings. The van der Waals surface area contributed by atoms with Crippen LogP contribution in [-0.2, 0) is 13.1 Å². The summed E-state index contributed by atoms with van der Waals surface area (Å²) in [5.74, 6) is 0. The first-order chi connectivity index (χ1) is 12.3. The van der Waals surface area contributed by atoms with E-state index >= 15 is 0 Å². The minimum atomic E-state index is -2.39. The molecule has 1 aromatic heterocycles. The molecule has 0 unspecified atom stereocenters. The van der Waals surface area contributed by atoms with Gasteiger partial charge in [0.25, 0.3) is 0 Å². The van der Waals surface area contributed by atoms with Crippen molar-refractivity contribution < 1.29 is 9.22 Å². The number of aliphatic hydroxyl groups excluding tert-OH is 1. The number of aliphatic hydroxyl groups is 1. The van der Waals surface area contributed by atoms with Crippen LogP contribution < -0.4 is 11.0 Å². The number of benzene rings is 2. The molecule has 2 atom stereocenters. The van der Waals surface area contributed by atoms with Gasteiger partial charge in [-0.2, -0.15) is 0 Å². The molecule has 5 nitrogen and oxygen atoms in total. The Kier molecular flexibility index (Phi) is 2.62. The summed E-state index contributed by atoms with van der Waals surface area (Å²) in [5.41, 5.74) is 2.83. The van der Waals surface area contributed by atoms with Gasteiger partial charge in [0.1, 0.15) is 0 Å². The third kappa shape index (κ3) is 2.12. The third-order valence-electron chi connectivity index (χ3n) is 4.50. The van der Waals surface area contributed by atoms with E-state index in [0.29, 0.717) is 17.6 Å². The highest BCUT2D eigenvalue weighted by molar-refractivity contribution is 5.81. The maximum Gasteiger partial charge on any atom is 0.329 e. The average molecular weight is 313 g/mol. The fraction of sp³-hybridized carbons (Fsp3) is 0.278. The molecule has 0 bridgehead atoms. The standard InChI is InChI=1S/C18H19N3O2/c1-19-16-13-8-5-9-14-17(13)21(11-15(16)22)18(23)20(14)10-12-6-3-2-4-7-12/h2-9,15-16,19,22H,10-11H2,1H3/t15-,16-/m1/s1/i1+1D3. The minimum Gasteiger partial charge on any atom is -0.389 e. The molecule has 2 aromatic carbocycles. The molecule has 1 aliphatic rings. The molecule has 0 fully saturated rings. The molecule has 0 spiro atoms. The number of imidazole rings is 1. The van der Waals surface area contributed by atoms with Crippen molar-refractivity contribution in [3.8, 4) is 0 Å². The minimum absolute atomic E-state index is 0.0574. The molecule has 1 aliphatic heterocycles. The Morgan fingerprint density at radius 2 is 2.09 bits per heavy atom. The van der Waals surface area contributed by atoms with E-state index in [-0.39, 0.29) is 12.2 Å². The Morgan fingerprint density at radius 3 is 2.87 bits per heavy atom. The van der Waals surface area contributed by atoms with Crippen molar-refractivity contribution in [2.75, 3.05) is 6.98 Å². The summed E-state index contributed by atoms with van der Waals surface area (Å²) in [6, 6.07) is 14.3. The zero-order chi connectivity index (χ0) is 18.5. The average Bonchev–Trinajstić information content (AvgIpc) is 2.85. The van der Waals surface area contributed by atoms with Gasteiger partial charge >= 0.3 is 5.69 Å². The number of aromatic nitrogens is 2. The summed E-state index contributed by atoms with van der Waals surface area (Å²) < 4.78 is 25.6. The first-order valence-corrected chi connectivity index (χ1v) is 7.57. The highest BCUT2D eigenvalue weighted by atomic mass is 16.3. The van der Waals surface area contributed by atoms with E-state index in [0.717, 1.165) is 11.1 Å². The fourth-order valence-corrected chi connectivity index (χ4v) is 3.42. The summed E-state index contributed by atoms with van der Waals surface area (Å²) in [5, 5.41) is 13.0. The van der Waals surface area contributed by atoms with Gasteiger partial charge < -0.3 is 10.4 Å². The van der Waals surface area contributed by atoms with Crippen molar-refractivity contribution in [2.24, 2.45) is 0 Å². The molecule has 0 aliphatic carbocycles. The number of nitrogens with one attached hydrogen (secondary N) is 1. The molecule has 5 heteroatoms. The second kappa shape index (κ2) is 5.37. The second-order valence-electron chi connectivity index (χ2n) is 5.87. The van der Waals surface area contributed by atoms with Crippen LogP contribution in [0.3, 0.4) is 0 Å².